The van der Waals surface area contributed by atoms with E-state index in [9.17, 15) is 15.0 Å². The molecule has 4 bridgehead atoms. The van der Waals surface area contributed by atoms with Crippen LogP contribution in [-0.4, -0.2) is 32.8 Å². The number of carbonyl (C=O) groups is 1. The van der Waals surface area contributed by atoms with E-state index < -0.39 is 16.8 Å². The molecule has 4 rings (SSSR count). The molecule has 4 nitrogen and oxygen atoms in total. The van der Waals surface area contributed by atoms with Crippen LogP contribution < -0.4 is 0 Å². The molecule has 0 radical (unpaired) electrons. The summed E-state index contributed by atoms with van der Waals surface area (Å²) in [6.07, 6.45) is 3.60. The first-order chi connectivity index (χ1) is 8.57. The summed E-state index contributed by atoms with van der Waals surface area (Å²) in [5, 5.41) is 21.4. The van der Waals surface area contributed by atoms with Gasteiger partial charge in [-0.25, -0.2) is 0 Å². The minimum absolute atomic E-state index is 0.116. The number of carbonyl (C=O) groups excluding carboxylic acids is 1. The molecule has 0 heterocycles. The molecule has 19 heavy (non-hydrogen) atoms. The van der Waals surface area contributed by atoms with Crippen LogP contribution in [0.5, 0.6) is 0 Å². The average molecular weight is 266 g/mol. The van der Waals surface area contributed by atoms with E-state index in [-0.39, 0.29) is 17.0 Å². The zero-order valence-corrected chi connectivity index (χ0v) is 11.7. The van der Waals surface area contributed by atoms with Crippen LogP contribution in [0.3, 0.4) is 0 Å². The van der Waals surface area contributed by atoms with Crippen LogP contribution in [0.2, 0.25) is 0 Å². The van der Waals surface area contributed by atoms with Gasteiger partial charge in [0, 0.05) is 26.2 Å². The van der Waals surface area contributed by atoms with Gasteiger partial charge in [0.25, 0.3) is 0 Å². The van der Waals surface area contributed by atoms with Crippen LogP contribution in [0.15, 0.2) is 12.3 Å². The van der Waals surface area contributed by atoms with E-state index in [1.165, 1.54) is 6.92 Å². The highest BCUT2D eigenvalue weighted by atomic mass is 16.5. The van der Waals surface area contributed by atoms with Crippen molar-refractivity contribution >= 4 is 5.78 Å². The van der Waals surface area contributed by atoms with Crippen molar-refractivity contribution in [1.82, 2.24) is 0 Å². The van der Waals surface area contributed by atoms with Crippen molar-refractivity contribution in [3.8, 4) is 0 Å². The van der Waals surface area contributed by atoms with Crippen LogP contribution in [-0.2, 0) is 9.53 Å². The van der Waals surface area contributed by atoms with Gasteiger partial charge in [-0.2, -0.15) is 0 Å². The lowest BCUT2D eigenvalue weighted by molar-refractivity contribution is -0.280. The zero-order chi connectivity index (χ0) is 14.1. The molecular formula is C15H22O4. The highest BCUT2D eigenvalue weighted by Crippen LogP contribution is 2.65. The van der Waals surface area contributed by atoms with Crippen molar-refractivity contribution < 1.29 is 19.7 Å². The first-order valence-electron chi connectivity index (χ1n) is 6.91. The van der Waals surface area contributed by atoms with E-state index >= 15 is 0 Å². The van der Waals surface area contributed by atoms with Gasteiger partial charge >= 0.3 is 0 Å². The second-order valence-corrected chi connectivity index (χ2v) is 7.58. The van der Waals surface area contributed by atoms with Crippen LogP contribution in [0.4, 0.5) is 0 Å². The van der Waals surface area contributed by atoms with E-state index in [1.807, 2.05) is 0 Å². The van der Waals surface area contributed by atoms with Gasteiger partial charge in [0.05, 0.1) is 11.2 Å². The van der Waals surface area contributed by atoms with Crippen molar-refractivity contribution in [3.63, 3.8) is 0 Å². The molecular weight excluding hydrogens is 244 g/mol. The Morgan fingerprint density at radius 2 is 1.58 bits per heavy atom. The predicted molar refractivity (Wildman–Crippen MR) is 69.3 cm³/mol. The van der Waals surface area contributed by atoms with Crippen LogP contribution in [0.1, 0.15) is 52.4 Å². The number of aliphatic hydroxyl groups is 2. The average Bonchev–Trinajstić information content (AvgIpc) is 2.07. The predicted octanol–water partition coefficient (Wildman–Crippen LogP) is 1.69. The van der Waals surface area contributed by atoms with Gasteiger partial charge in [-0.3, -0.25) is 4.79 Å². The Balaban J connectivity index is 1.95. The lowest BCUT2D eigenvalue weighted by atomic mass is 9.45. The van der Waals surface area contributed by atoms with Crippen molar-refractivity contribution in [3.05, 3.63) is 12.3 Å². The fourth-order valence-corrected chi connectivity index (χ4v) is 5.37. The van der Waals surface area contributed by atoms with E-state index in [0.717, 1.165) is 6.42 Å². The summed E-state index contributed by atoms with van der Waals surface area (Å²) in [6.45, 7) is 7.18. The third kappa shape index (κ3) is 2.01. The summed E-state index contributed by atoms with van der Waals surface area (Å²) < 4.78 is 5.84. The molecule has 2 N–H and O–H groups in total. The van der Waals surface area contributed by atoms with E-state index in [0.29, 0.717) is 32.1 Å². The quantitative estimate of drug-likeness (QED) is 0.602. The summed E-state index contributed by atoms with van der Waals surface area (Å²) in [5.41, 5.74) is -2.48. The van der Waals surface area contributed by atoms with Crippen LogP contribution >= 0.6 is 0 Å². The normalized spacial score (nSPS) is 51.2. The Hall–Kier alpha value is -0.870. The molecule has 2 atom stereocenters. The lowest BCUT2D eigenvalue weighted by Gasteiger charge is -2.66. The molecule has 0 amide bonds. The van der Waals surface area contributed by atoms with Gasteiger partial charge in [-0.15, -0.1) is 0 Å². The Morgan fingerprint density at radius 3 is 2.00 bits per heavy atom. The fourth-order valence-electron chi connectivity index (χ4n) is 5.37. The monoisotopic (exact) mass is 266 g/mol. The fraction of sp³-hybridized carbons (Fsp3) is 0.800. The molecule has 4 aliphatic carbocycles. The molecule has 106 valence electrons. The van der Waals surface area contributed by atoms with E-state index in [1.54, 1.807) is 0 Å². The van der Waals surface area contributed by atoms with Crippen molar-refractivity contribution in [2.75, 3.05) is 0 Å². The number of allylic oxidation sites excluding steroid dienone is 1. The molecule has 0 aromatic carbocycles. The standard InChI is InChI=1S/C15H22O4/c1-10(16)11(2)19-15-6-12(3)4-13(17,8-15)7-14(18,5-12)9-15/h17-18H,2,4-9H2,1,3H3. The molecule has 4 aliphatic rings. The minimum Gasteiger partial charge on any atom is -0.484 e. The zero-order valence-electron chi connectivity index (χ0n) is 11.7. The summed E-state index contributed by atoms with van der Waals surface area (Å²) >= 11 is 0. The van der Waals surface area contributed by atoms with Crippen molar-refractivity contribution in [2.24, 2.45) is 5.41 Å². The summed E-state index contributed by atoms with van der Waals surface area (Å²) in [4.78, 5) is 11.4. The highest BCUT2D eigenvalue weighted by molar-refractivity contribution is 5.90. The first kappa shape index (κ1) is 13.1. The molecule has 0 aromatic heterocycles. The Labute approximate surface area is 113 Å². The van der Waals surface area contributed by atoms with Gasteiger partial charge in [0.15, 0.2) is 11.5 Å². The number of ether oxygens (including phenoxy) is 1. The number of hydrogen-bond donors (Lipinski definition) is 2. The maximum absolute atomic E-state index is 11.4. The maximum Gasteiger partial charge on any atom is 0.193 e. The Bertz CT molecular complexity index is 413. The third-order valence-electron chi connectivity index (χ3n) is 4.95. The molecule has 4 saturated carbocycles. The third-order valence-corrected chi connectivity index (χ3v) is 4.95. The van der Waals surface area contributed by atoms with Crippen LogP contribution in [0, 0.1) is 5.41 Å². The van der Waals surface area contributed by atoms with Gasteiger partial charge in [-0.05, 0) is 24.7 Å². The second-order valence-electron chi connectivity index (χ2n) is 7.58. The number of rotatable bonds is 3. The number of ketones is 1. The Kier molecular flexibility index (Phi) is 2.36. The maximum atomic E-state index is 11.4. The van der Waals surface area contributed by atoms with Gasteiger partial charge in [-0.1, -0.05) is 13.5 Å². The van der Waals surface area contributed by atoms with E-state index in [4.69, 9.17) is 4.74 Å². The molecule has 2 unspecified atom stereocenters. The van der Waals surface area contributed by atoms with Crippen molar-refractivity contribution in [2.45, 2.75) is 69.2 Å². The molecule has 0 aliphatic heterocycles. The second kappa shape index (κ2) is 3.41. The highest BCUT2D eigenvalue weighted by Gasteiger charge is 2.67. The SMILES string of the molecule is C=C(OC12CC3(C)CC(O)(CC(O)(C3)C1)C2)C(C)=O. The Morgan fingerprint density at radius 1 is 1.05 bits per heavy atom. The smallest absolute Gasteiger partial charge is 0.193 e. The number of Topliss-reactive ketones (excluding diaryl/α,β-unsaturated/α-hetero) is 1. The van der Waals surface area contributed by atoms with Gasteiger partial charge in [0.2, 0.25) is 0 Å². The topological polar surface area (TPSA) is 66.8 Å². The van der Waals surface area contributed by atoms with Gasteiger partial charge < -0.3 is 14.9 Å². The summed E-state index contributed by atoms with van der Waals surface area (Å²) in [6, 6.07) is 0. The molecule has 4 fully saturated rings. The molecule has 0 saturated heterocycles. The summed E-state index contributed by atoms with van der Waals surface area (Å²) in [5.74, 6) is -0.0578. The van der Waals surface area contributed by atoms with Gasteiger partial charge in [0.1, 0.15) is 5.60 Å². The van der Waals surface area contributed by atoms with Crippen LogP contribution in [0.25, 0.3) is 0 Å². The van der Waals surface area contributed by atoms with E-state index in [2.05, 4.69) is 13.5 Å². The van der Waals surface area contributed by atoms with Crippen molar-refractivity contribution in [1.29, 1.82) is 0 Å². The lowest BCUT2D eigenvalue weighted by Crippen LogP contribution is -2.69. The number of hydrogen-bond acceptors (Lipinski definition) is 4. The largest absolute Gasteiger partial charge is 0.484 e. The summed E-state index contributed by atoms with van der Waals surface area (Å²) in [7, 11) is 0. The molecule has 0 aromatic rings. The first-order valence-corrected chi connectivity index (χ1v) is 6.91. The minimum atomic E-state index is -0.866. The molecule has 0 spiro atoms. The molecule has 4 heteroatoms.